The molecule has 2 unspecified atom stereocenters. The number of allylic oxidation sites excluding steroid dienone is 1. The Morgan fingerprint density at radius 3 is 2.20 bits per heavy atom. The van der Waals surface area contributed by atoms with Crippen molar-refractivity contribution in [2.75, 3.05) is 0 Å². The summed E-state index contributed by atoms with van der Waals surface area (Å²) in [5.41, 5.74) is 14.2. The van der Waals surface area contributed by atoms with E-state index in [0.717, 1.165) is 73.4 Å². The molecule has 2 aliphatic heterocycles. The Morgan fingerprint density at radius 1 is 0.652 bits per heavy atom. The Hall–Kier alpha value is -7.32. The van der Waals surface area contributed by atoms with Crippen LogP contribution in [0.25, 0.3) is 98.3 Å². The van der Waals surface area contributed by atoms with Crippen molar-refractivity contribution in [2.24, 2.45) is 0 Å². The molecule has 11 aromatic rings. The van der Waals surface area contributed by atoms with Gasteiger partial charge in [-0.15, -0.1) is 11.3 Å². The van der Waals surface area contributed by atoms with Crippen LogP contribution in [0.5, 0.6) is 0 Å². The van der Waals surface area contributed by atoms with Crippen LogP contribution in [0, 0.1) is 11.6 Å². The van der Waals surface area contributed by atoms with E-state index in [1.54, 1.807) is 6.07 Å². The molecule has 0 bridgehead atoms. The molecule has 7 heteroatoms. The van der Waals surface area contributed by atoms with Crippen molar-refractivity contribution in [3.63, 3.8) is 0 Å². The number of nitrogens with zero attached hydrogens (tertiary/aromatic N) is 3. The third-order valence-electron chi connectivity index (χ3n) is 15.0. The summed E-state index contributed by atoms with van der Waals surface area (Å²) in [5, 5.41) is 5.21. The molecule has 2 atom stereocenters. The minimum atomic E-state index is -1.69. The molecule has 0 amide bonds. The van der Waals surface area contributed by atoms with E-state index in [1.807, 2.05) is 59.9 Å². The highest BCUT2D eigenvalue weighted by atomic mass is 32.1. The van der Waals surface area contributed by atoms with Crippen LogP contribution < -0.4 is 14.3 Å². The molecular weight excluding hydrogens is 885 g/mol. The summed E-state index contributed by atoms with van der Waals surface area (Å²) >= 11 is 1.82. The van der Waals surface area contributed by atoms with Gasteiger partial charge in [0.1, 0.15) is 23.0 Å². The van der Waals surface area contributed by atoms with Gasteiger partial charge in [-0.2, -0.15) is 13.7 Å². The van der Waals surface area contributed by atoms with Gasteiger partial charge in [-0.05, 0) is 89.2 Å². The number of aryl methyl sites for hydroxylation is 1. The fourth-order valence-corrected chi connectivity index (χ4v) is 14.1. The molecule has 13 rings (SSSR count). The van der Waals surface area contributed by atoms with Gasteiger partial charge in [-0.1, -0.05) is 148 Å². The van der Waals surface area contributed by atoms with E-state index < -0.39 is 8.07 Å². The third kappa shape index (κ3) is 6.62. The summed E-state index contributed by atoms with van der Waals surface area (Å²) in [6, 6.07) is 60.7. The molecule has 5 heterocycles. The van der Waals surface area contributed by atoms with Crippen LogP contribution in [-0.4, -0.2) is 12.6 Å². The lowest BCUT2D eigenvalue weighted by Gasteiger charge is -2.32. The van der Waals surface area contributed by atoms with E-state index >= 15 is 4.39 Å². The standard InChI is InChI=1S/C62H49F2N3SSi/c1-38-34-57-48(45-16-8-10-18-47(45)54-33-29-44(37-65(54)57)69(2,3)4)30-24-41-25-32-51-49-31-26-42(39-22-27-43(63)28-23-39)35-58(49)68-61(51)59(41)62-66(38)55-20-12-13-21-56(55)67(62)60-50-19-11-9-17-46(50)53(64)36-52(60)40-14-6-5-7-15-40/h5-23,25-29,31-33,35-37,48,57H,1,24,30,34H2,2-4H3/q+2. The van der Waals surface area contributed by atoms with Crippen LogP contribution in [0.4, 0.5) is 8.78 Å². The molecule has 0 radical (unpaired) electrons. The minimum Gasteiger partial charge on any atom is -0.207 e. The molecule has 0 spiro atoms. The number of imidazole rings is 1. The third-order valence-corrected chi connectivity index (χ3v) is 18.2. The summed E-state index contributed by atoms with van der Waals surface area (Å²) < 4.78 is 40.7. The molecule has 69 heavy (non-hydrogen) atoms. The highest BCUT2D eigenvalue weighted by Crippen LogP contribution is 2.49. The lowest BCUT2D eigenvalue weighted by molar-refractivity contribution is -0.719. The van der Waals surface area contributed by atoms with Crippen LogP contribution in [0.2, 0.25) is 19.6 Å². The first-order chi connectivity index (χ1) is 33.6. The first-order valence-electron chi connectivity index (χ1n) is 24.0. The van der Waals surface area contributed by atoms with E-state index in [2.05, 4.69) is 149 Å². The predicted molar refractivity (Wildman–Crippen MR) is 285 cm³/mol. The maximum atomic E-state index is 16.7. The van der Waals surface area contributed by atoms with Gasteiger partial charge in [0.05, 0.1) is 24.8 Å². The van der Waals surface area contributed by atoms with Crippen molar-refractivity contribution >= 4 is 72.3 Å². The van der Waals surface area contributed by atoms with Crippen molar-refractivity contribution in [2.45, 2.75) is 50.9 Å². The predicted octanol–water partition coefficient (Wildman–Crippen LogP) is 15.4. The van der Waals surface area contributed by atoms with Crippen LogP contribution in [-0.2, 0) is 6.42 Å². The van der Waals surface area contributed by atoms with Gasteiger partial charge in [-0.25, -0.2) is 8.78 Å². The second-order valence-electron chi connectivity index (χ2n) is 20.0. The van der Waals surface area contributed by atoms with Gasteiger partial charge >= 0.3 is 5.82 Å². The van der Waals surface area contributed by atoms with Gasteiger partial charge in [0.25, 0.3) is 0 Å². The summed E-state index contributed by atoms with van der Waals surface area (Å²) in [6.45, 7) is 12.4. The topological polar surface area (TPSA) is 12.7 Å². The number of halogens is 2. The lowest BCUT2D eigenvalue weighted by Crippen LogP contribution is -2.53. The second-order valence-corrected chi connectivity index (χ2v) is 26.1. The summed E-state index contributed by atoms with van der Waals surface area (Å²) in [6.07, 6.45) is 4.97. The average molecular weight is 934 g/mol. The Balaban J connectivity index is 1.16. The van der Waals surface area contributed by atoms with Crippen molar-refractivity contribution in [1.82, 2.24) is 4.57 Å². The van der Waals surface area contributed by atoms with Gasteiger partial charge in [-0.3, -0.25) is 0 Å². The van der Waals surface area contributed by atoms with Crippen molar-refractivity contribution in [1.29, 1.82) is 0 Å². The van der Waals surface area contributed by atoms with E-state index in [-0.39, 0.29) is 23.6 Å². The fourth-order valence-electron chi connectivity index (χ4n) is 11.6. The number of aromatic nitrogens is 3. The quantitative estimate of drug-likeness (QED) is 0.123. The van der Waals surface area contributed by atoms with Crippen LogP contribution >= 0.6 is 11.3 Å². The number of fused-ring (bicyclic) bond motifs is 16. The van der Waals surface area contributed by atoms with Crippen molar-refractivity contribution < 1.29 is 17.9 Å². The van der Waals surface area contributed by atoms with Gasteiger partial charge < -0.3 is 0 Å². The zero-order valence-electron chi connectivity index (χ0n) is 38.8. The number of benzene rings is 8. The first kappa shape index (κ1) is 41.8. The first-order valence-corrected chi connectivity index (χ1v) is 28.3. The largest absolute Gasteiger partial charge is 0.301 e. The molecule has 0 aliphatic carbocycles. The fraction of sp³-hybridized carbons (Fsp3) is 0.129. The van der Waals surface area contributed by atoms with E-state index in [9.17, 15) is 4.39 Å². The molecule has 8 aromatic carbocycles. The van der Waals surface area contributed by atoms with Crippen LogP contribution in [0.3, 0.4) is 0 Å². The van der Waals surface area contributed by atoms with E-state index in [4.69, 9.17) is 6.58 Å². The number of hydrogen-bond acceptors (Lipinski definition) is 1. The lowest BCUT2D eigenvalue weighted by atomic mass is 9.77. The van der Waals surface area contributed by atoms with Crippen LogP contribution in [0.15, 0.2) is 189 Å². The van der Waals surface area contributed by atoms with Crippen molar-refractivity contribution in [3.8, 4) is 50.6 Å². The Kier molecular flexibility index (Phi) is 9.62. The molecule has 2 aliphatic rings. The zero-order valence-corrected chi connectivity index (χ0v) is 40.6. The number of pyridine rings is 1. The monoisotopic (exact) mass is 933 g/mol. The highest BCUT2D eigenvalue weighted by Gasteiger charge is 2.44. The van der Waals surface area contributed by atoms with Crippen molar-refractivity contribution in [3.05, 3.63) is 211 Å². The summed E-state index contributed by atoms with van der Waals surface area (Å²) in [4.78, 5) is 0. The second kappa shape index (κ2) is 15.9. The smallest absolute Gasteiger partial charge is 0.207 e. The normalized spacial score (nSPS) is 15.8. The summed E-state index contributed by atoms with van der Waals surface area (Å²) in [7, 11) is -1.69. The molecule has 0 N–H and O–H groups in total. The number of hydrogen-bond donors (Lipinski definition) is 0. The maximum absolute atomic E-state index is 16.7. The van der Waals surface area contributed by atoms with Crippen LogP contribution in [0.1, 0.15) is 35.9 Å². The van der Waals surface area contributed by atoms with E-state index in [1.165, 1.54) is 60.7 Å². The zero-order chi connectivity index (χ0) is 46.7. The molecule has 3 nitrogen and oxygen atoms in total. The number of rotatable bonds is 4. The summed E-state index contributed by atoms with van der Waals surface area (Å²) in [5.74, 6) is 0.734. The van der Waals surface area contributed by atoms with Gasteiger partial charge in [0.15, 0.2) is 23.3 Å². The maximum Gasteiger partial charge on any atom is 0.301 e. The Bertz CT molecular complexity index is 3920. The Labute approximate surface area is 405 Å². The molecular formula is C62H49F2N3SSi+2. The molecule has 0 saturated heterocycles. The SMILES string of the molecule is C=C1CC2C(CCc3ccc4c(sc5cc(-c6ccc(F)cc6)ccc54)c3-c3n(-c4c(-c5ccccc5)cc(F)c5ccccc45)c4ccccc4[n+]31)c1ccccc1-c1ccc([Si](C)(C)C)c[n+]12. The molecule has 334 valence electrons. The Morgan fingerprint density at radius 2 is 1.38 bits per heavy atom. The molecule has 0 fully saturated rings. The minimum absolute atomic E-state index is 0.104. The number of para-hydroxylation sites is 2. The highest BCUT2D eigenvalue weighted by molar-refractivity contribution is 7.26. The number of thiophene rings is 1. The average Bonchev–Trinajstić information content (AvgIpc) is 3.91. The van der Waals surface area contributed by atoms with Gasteiger partial charge in [0, 0.05) is 54.5 Å². The van der Waals surface area contributed by atoms with Gasteiger partial charge in [0.2, 0.25) is 5.69 Å². The molecule has 0 saturated carbocycles. The molecule has 3 aromatic heterocycles. The van der Waals surface area contributed by atoms with E-state index in [0.29, 0.717) is 11.8 Å².